The van der Waals surface area contributed by atoms with Crippen LogP contribution < -0.4 is 10.6 Å². The van der Waals surface area contributed by atoms with Crippen molar-refractivity contribution in [3.05, 3.63) is 63.2 Å². The molecule has 1 aliphatic heterocycles. The number of sulfonamides is 1. The number of amides is 2. The van der Waals surface area contributed by atoms with E-state index in [1.165, 1.54) is 36.4 Å². The summed E-state index contributed by atoms with van der Waals surface area (Å²) < 4.78 is 26.5. The molecule has 152 valence electrons. The van der Waals surface area contributed by atoms with E-state index >= 15 is 0 Å². The van der Waals surface area contributed by atoms with Crippen molar-refractivity contribution in [3.8, 4) is 0 Å². The molecule has 2 aromatic rings. The number of hydrogen-bond acceptors (Lipinski definition) is 6. The Morgan fingerprint density at radius 1 is 1.24 bits per heavy atom. The lowest BCUT2D eigenvalue weighted by molar-refractivity contribution is -0.384. The number of nitrogens with zero attached hydrogens (tertiary/aromatic N) is 2. The maximum Gasteiger partial charge on any atom is 0.289 e. The van der Waals surface area contributed by atoms with Crippen molar-refractivity contribution in [1.29, 1.82) is 0 Å². The normalized spacial score (nSPS) is 14.9. The first-order chi connectivity index (χ1) is 13.7. The van der Waals surface area contributed by atoms with Crippen molar-refractivity contribution >= 4 is 44.8 Å². The first-order valence-corrected chi connectivity index (χ1v) is 10.1. The number of anilines is 1. The van der Waals surface area contributed by atoms with Gasteiger partial charge in [0.15, 0.2) is 0 Å². The Morgan fingerprint density at radius 3 is 2.69 bits per heavy atom. The van der Waals surface area contributed by atoms with Crippen LogP contribution in [0.15, 0.2) is 47.4 Å². The van der Waals surface area contributed by atoms with E-state index in [0.717, 1.165) is 10.4 Å². The first kappa shape index (κ1) is 20.7. The van der Waals surface area contributed by atoms with E-state index in [-0.39, 0.29) is 46.5 Å². The van der Waals surface area contributed by atoms with Gasteiger partial charge in [-0.3, -0.25) is 19.7 Å². The number of carbonyl (C=O) groups is 2. The predicted molar refractivity (Wildman–Crippen MR) is 104 cm³/mol. The number of carbonyl (C=O) groups excluding carboxylic acids is 2. The molecule has 2 N–H and O–H groups in total. The van der Waals surface area contributed by atoms with E-state index in [2.05, 4.69) is 10.6 Å². The molecule has 0 aliphatic carbocycles. The number of rotatable bonds is 5. The average Bonchev–Trinajstić information content (AvgIpc) is 2.69. The Balaban J connectivity index is 1.84. The summed E-state index contributed by atoms with van der Waals surface area (Å²) in [7, 11) is -3.96. The Bertz CT molecular complexity index is 1100. The van der Waals surface area contributed by atoms with Gasteiger partial charge in [0.05, 0.1) is 16.4 Å². The number of piperazine rings is 1. The van der Waals surface area contributed by atoms with Gasteiger partial charge in [-0.2, -0.15) is 4.31 Å². The van der Waals surface area contributed by atoms with Gasteiger partial charge < -0.3 is 10.6 Å². The summed E-state index contributed by atoms with van der Waals surface area (Å²) in [6.07, 6.45) is 0. The fourth-order valence-corrected chi connectivity index (χ4v) is 4.33. The van der Waals surface area contributed by atoms with Crippen molar-refractivity contribution in [3.63, 3.8) is 0 Å². The van der Waals surface area contributed by atoms with E-state index in [9.17, 15) is 28.1 Å². The Labute approximate surface area is 170 Å². The fraction of sp³-hybridized carbons (Fsp3) is 0.176. The van der Waals surface area contributed by atoms with Crippen molar-refractivity contribution in [1.82, 2.24) is 9.62 Å². The van der Waals surface area contributed by atoms with Gasteiger partial charge in [0, 0.05) is 30.4 Å². The second-order valence-corrected chi connectivity index (χ2v) is 8.44. The van der Waals surface area contributed by atoms with Gasteiger partial charge in [-0.05, 0) is 30.3 Å². The highest BCUT2D eigenvalue weighted by molar-refractivity contribution is 7.89. The van der Waals surface area contributed by atoms with Gasteiger partial charge >= 0.3 is 0 Å². The molecule has 1 saturated heterocycles. The fourth-order valence-electron chi connectivity index (χ4n) is 2.70. The third-order valence-electron chi connectivity index (χ3n) is 4.14. The number of hydrogen-bond donors (Lipinski definition) is 2. The number of benzene rings is 2. The molecule has 2 aromatic carbocycles. The highest BCUT2D eigenvalue weighted by Crippen LogP contribution is 2.27. The Morgan fingerprint density at radius 2 is 2.00 bits per heavy atom. The van der Waals surface area contributed by atoms with Crippen molar-refractivity contribution < 1.29 is 22.9 Å². The molecular weight excluding hydrogens is 424 g/mol. The van der Waals surface area contributed by atoms with Gasteiger partial charge in [-0.15, -0.1) is 0 Å². The van der Waals surface area contributed by atoms with E-state index < -0.39 is 26.8 Å². The zero-order chi connectivity index (χ0) is 21.2. The number of nitrogens with one attached hydrogen (secondary N) is 2. The molecule has 1 aliphatic rings. The monoisotopic (exact) mass is 438 g/mol. The molecule has 3 rings (SSSR count). The topological polar surface area (TPSA) is 139 Å². The molecule has 2 amide bonds. The highest BCUT2D eigenvalue weighted by atomic mass is 35.5. The third-order valence-corrected chi connectivity index (χ3v) is 6.30. The van der Waals surface area contributed by atoms with E-state index in [0.29, 0.717) is 0 Å². The zero-order valence-corrected chi connectivity index (χ0v) is 16.4. The van der Waals surface area contributed by atoms with Crippen LogP contribution in [0.1, 0.15) is 10.4 Å². The Kier molecular flexibility index (Phi) is 5.82. The van der Waals surface area contributed by atoms with Gasteiger partial charge in [0.1, 0.15) is 5.02 Å². The lowest BCUT2D eigenvalue weighted by atomic mass is 10.2. The highest BCUT2D eigenvalue weighted by Gasteiger charge is 2.29. The number of nitro groups is 1. The summed E-state index contributed by atoms with van der Waals surface area (Å²) in [4.78, 5) is 34.1. The molecule has 0 saturated carbocycles. The minimum atomic E-state index is -3.96. The van der Waals surface area contributed by atoms with E-state index in [1.54, 1.807) is 0 Å². The van der Waals surface area contributed by atoms with Gasteiger partial charge in [-0.25, -0.2) is 8.42 Å². The van der Waals surface area contributed by atoms with Gasteiger partial charge in [-0.1, -0.05) is 17.7 Å². The largest absolute Gasteiger partial charge is 0.354 e. The number of nitro benzene ring substituents is 1. The summed E-state index contributed by atoms with van der Waals surface area (Å²) >= 11 is 5.75. The molecule has 0 spiro atoms. The second-order valence-electron chi connectivity index (χ2n) is 6.09. The number of halogens is 1. The van der Waals surface area contributed by atoms with Crippen LogP contribution in [0, 0.1) is 10.1 Å². The van der Waals surface area contributed by atoms with Crippen LogP contribution in [0.3, 0.4) is 0 Å². The molecule has 1 heterocycles. The van der Waals surface area contributed by atoms with Crippen LogP contribution in [-0.4, -0.2) is 49.1 Å². The summed E-state index contributed by atoms with van der Waals surface area (Å²) in [6.45, 7) is 0.0275. The molecule has 0 radical (unpaired) electrons. The molecule has 0 bridgehead atoms. The molecule has 0 unspecified atom stereocenters. The van der Waals surface area contributed by atoms with Gasteiger partial charge in [0.25, 0.3) is 11.6 Å². The van der Waals surface area contributed by atoms with Crippen LogP contribution in [0.4, 0.5) is 11.4 Å². The summed E-state index contributed by atoms with van der Waals surface area (Å²) in [5.41, 5.74) is -0.207. The minimum Gasteiger partial charge on any atom is -0.354 e. The maximum absolute atomic E-state index is 12.7. The third kappa shape index (κ3) is 4.53. The molecular formula is C17H15ClN4O6S. The standard InChI is InChI=1S/C17H15ClN4O6S/c18-14-5-4-12(9-15(14)22(25)26)20-17(24)11-2-1-3-13(8-11)29(27,28)21-7-6-19-16(23)10-21/h1-5,8-9H,6-7,10H2,(H,19,23)(H,20,24). The Hall–Kier alpha value is -3.02. The summed E-state index contributed by atoms with van der Waals surface area (Å²) in [6, 6.07) is 9.08. The van der Waals surface area contributed by atoms with Crippen molar-refractivity contribution in [2.75, 3.05) is 25.0 Å². The van der Waals surface area contributed by atoms with E-state index in [4.69, 9.17) is 11.6 Å². The SMILES string of the molecule is O=C1CN(S(=O)(=O)c2cccc(C(=O)Nc3ccc(Cl)c([N+](=O)[O-])c3)c2)CCN1. The second kappa shape index (κ2) is 8.15. The molecule has 0 aromatic heterocycles. The zero-order valence-electron chi connectivity index (χ0n) is 14.8. The molecule has 0 atom stereocenters. The molecule has 1 fully saturated rings. The van der Waals surface area contributed by atoms with Crippen LogP contribution in [-0.2, 0) is 14.8 Å². The predicted octanol–water partition coefficient (Wildman–Crippen LogP) is 1.62. The quantitative estimate of drug-likeness (QED) is 0.537. The molecule has 29 heavy (non-hydrogen) atoms. The van der Waals surface area contributed by atoms with Crippen LogP contribution in [0.2, 0.25) is 5.02 Å². The van der Waals surface area contributed by atoms with Crippen molar-refractivity contribution in [2.45, 2.75) is 4.90 Å². The van der Waals surface area contributed by atoms with Gasteiger partial charge in [0.2, 0.25) is 15.9 Å². The summed E-state index contributed by atoms with van der Waals surface area (Å²) in [5.74, 6) is -1.06. The smallest absolute Gasteiger partial charge is 0.289 e. The summed E-state index contributed by atoms with van der Waals surface area (Å²) in [5, 5.41) is 15.9. The average molecular weight is 439 g/mol. The minimum absolute atomic E-state index is 0.0325. The lowest BCUT2D eigenvalue weighted by Crippen LogP contribution is -2.49. The van der Waals surface area contributed by atoms with Crippen LogP contribution in [0.25, 0.3) is 0 Å². The van der Waals surface area contributed by atoms with Crippen LogP contribution in [0.5, 0.6) is 0 Å². The van der Waals surface area contributed by atoms with E-state index in [1.807, 2.05) is 0 Å². The van der Waals surface area contributed by atoms with Crippen molar-refractivity contribution in [2.24, 2.45) is 0 Å². The van der Waals surface area contributed by atoms with Crippen LogP contribution >= 0.6 is 11.6 Å². The molecule has 10 nitrogen and oxygen atoms in total. The lowest BCUT2D eigenvalue weighted by Gasteiger charge is -2.26. The molecule has 12 heteroatoms. The first-order valence-electron chi connectivity index (χ1n) is 8.30. The maximum atomic E-state index is 12.7.